The number of carbonyl (C=O) groups is 2. The monoisotopic (exact) mass is 268 g/mol. The summed E-state index contributed by atoms with van der Waals surface area (Å²) in [6.45, 7) is -0.201. The SMILES string of the molecule is COCc1ccc(NC(=O)N[C@@H](CO)C(=O)O)cc1. The van der Waals surface area contributed by atoms with Crippen molar-refractivity contribution in [1.29, 1.82) is 0 Å². The lowest BCUT2D eigenvalue weighted by atomic mass is 10.2. The van der Waals surface area contributed by atoms with Crippen LogP contribution in [0, 0.1) is 0 Å². The summed E-state index contributed by atoms with van der Waals surface area (Å²) in [5.74, 6) is -1.30. The number of aliphatic carboxylic acids is 1. The van der Waals surface area contributed by atoms with E-state index in [2.05, 4.69) is 10.6 Å². The molecule has 19 heavy (non-hydrogen) atoms. The molecule has 0 aliphatic heterocycles. The van der Waals surface area contributed by atoms with Gasteiger partial charge in [0.2, 0.25) is 0 Å². The van der Waals surface area contributed by atoms with Crippen molar-refractivity contribution < 1.29 is 24.5 Å². The Hall–Kier alpha value is -2.12. The number of anilines is 1. The lowest BCUT2D eigenvalue weighted by Gasteiger charge is -2.12. The van der Waals surface area contributed by atoms with Crippen LogP contribution >= 0.6 is 0 Å². The minimum Gasteiger partial charge on any atom is -0.480 e. The van der Waals surface area contributed by atoms with E-state index in [1.54, 1.807) is 31.4 Å². The first-order valence-electron chi connectivity index (χ1n) is 5.56. The molecule has 0 saturated carbocycles. The Labute approximate surface area is 110 Å². The van der Waals surface area contributed by atoms with Crippen LogP contribution in [0.3, 0.4) is 0 Å². The summed E-state index contributed by atoms with van der Waals surface area (Å²) in [6, 6.07) is 4.87. The van der Waals surface area contributed by atoms with Gasteiger partial charge >= 0.3 is 12.0 Å². The number of carboxylic acid groups (broad SMARTS) is 1. The fourth-order valence-electron chi connectivity index (χ4n) is 1.36. The quantitative estimate of drug-likeness (QED) is 0.597. The molecule has 0 unspecified atom stereocenters. The van der Waals surface area contributed by atoms with Crippen LogP contribution < -0.4 is 10.6 Å². The molecule has 0 heterocycles. The zero-order valence-corrected chi connectivity index (χ0v) is 10.4. The molecule has 2 amide bonds. The molecule has 0 spiro atoms. The van der Waals surface area contributed by atoms with Crippen molar-refractivity contribution in [2.45, 2.75) is 12.6 Å². The Balaban J connectivity index is 2.54. The number of aliphatic hydroxyl groups is 1. The van der Waals surface area contributed by atoms with Gasteiger partial charge in [-0.25, -0.2) is 9.59 Å². The number of amides is 2. The van der Waals surface area contributed by atoms with E-state index in [4.69, 9.17) is 14.9 Å². The highest BCUT2D eigenvalue weighted by molar-refractivity contribution is 5.92. The average Bonchev–Trinajstić information content (AvgIpc) is 2.38. The van der Waals surface area contributed by atoms with Crippen LogP contribution in [0.1, 0.15) is 5.56 Å². The lowest BCUT2D eigenvalue weighted by Crippen LogP contribution is -2.45. The van der Waals surface area contributed by atoms with Crippen LogP contribution in [-0.2, 0) is 16.1 Å². The van der Waals surface area contributed by atoms with Gasteiger partial charge in [0.1, 0.15) is 0 Å². The predicted octanol–water partition coefficient (Wildman–Crippen LogP) is 0.400. The summed E-state index contributed by atoms with van der Waals surface area (Å²) >= 11 is 0. The maximum absolute atomic E-state index is 11.5. The first-order valence-corrected chi connectivity index (χ1v) is 5.56. The zero-order valence-electron chi connectivity index (χ0n) is 10.4. The van der Waals surface area contributed by atoms with Gasteiger partial charge < -0.3 is 25.6 Å². The Morgan fingerprint density at radius 3 is 2.42 bits per heavy atom. The highest BCUT2D eigenvalue weighted by Gasteiger charge is 2.18. The van der Waals surface area contributed by atoms with Crippen molar-refractivity contribution in [2.24, 2.45) is 0 Å². The number of benzene rings is 1. The number of hydrogen-bond donors (Lipinski definition) is 4. The van der Waals surface area contributed by atoms with E-state index in [0.29, 0.717) is 12.3 Å². The van der Waals surface area contributed by atoms with Gasteiger partial charge in [-0.15, -0.1) is 0 Å². The molecule has 0 aliphatic rings. The fourth-order valence-corrected chi connectivity index (χ4v) is 1.36. The largest absolute Gasteiger partial charge is 0.480 e. The summed E-state index contributed by atoms with van der Waals surface area (Å²) in [6.07, 6.45) is 0. The lowest BCUT2D eigenvalue weighted by molar-refractivity contribution is -0.140. The van der Waals surface area contributed by atoms with Gasteiger partial charge in [-0.2, -0.15) is 0 Å². The number of urea groups is 1. The Kier molecular flexibility index (Phi) is 5.77. The molecule has 0 fully saturated rings. The first kappa shape index (κ1) is 14.9. The highest BCUT2D eigenvalue weighted by atomic mass is 16.5. The number of aliphatic hydroxyl groups excluding tert-OH is 1. The molecule has 7 heteroatoms. The second-order valence-corrected chi connectivity index (χ2v) is 3.80. The maximum atomic E-state index is 11.5. The molecule has 7 nitrogen and oxygen atoms in total. The minimum absolute atomic E-state index is 0.470. The van der Waals surface area contributed by atoms with Crippen LogP contribution in [0.5, 0.6) is 0 Å². The summed E-state index contributed by atoms with van der Waals surface area (Å²) < 4.78 is 4.95. The Morgan fingerprint density at radius 1 is 1.32 bits per heavy atom. The molecular formula is C12H16N2O5. The van der Waals surface area contributed by atoms with Gasteiger partial charge in [0, 0.05) is 12.8 Å². The second kappa shape index (κ2) is 7.34. The third-order valence-electron chi connectivity index (χ3n) is 2.31. The number of rotatable bonds is 6. The molecule has 4 N–H and O–H groups in total. The number of carbonyl (C=O) groups excluding carboxylic acids is 1. The molecular weight excluding hydrogens is 252 g/mol. The number of methoxy groups -OCH3 is 1. The van der Waals surface area contributed by atoms with E-state index < -0.39 is 24.6 Å². The molecule has 1 atom stereocenters. The molecule has 0 saturated heterocycles. The van der Waals surface area contributed by atoms with Crippen molar-refractivity contribution in [3.05, 3.63) is 29.8 Å². The van der Waals surface area contributed by atoms with Gasteiger partial charge in [0.25, 0.3) is 0 Å². The van der Waals surface area contributed by atoms with Gasteiger partial charge in [-0.05, 0) is 17.7 Å². The molecule has 1 aromatic carbocycles. The van der Waals surface area contributed by atoms with E-state index >= 15 is 0 Å². The molecule has 0 radical (unpaired) electrons. The number of ether oxygens (including phenoxy) is 1. The first-order chi connectivity index (χ1) is 9.06. The summed E-state index contributed by atoms with van der Waals surface area (Å²) in [5.41, 5.74) is 1.46. The number of carboxylic acids is 1. The van der Waals surface area contributed by atoms with Gasteiger partial charge in [0.05, 0.1) is 13.2 Å². The smallest absolute Gasteiger partial charge is 0.328 e. The fraction of sp³-hybridized carbons (Fsp3) is 0.333. The summed E-state index contributed by atoms with van der Waals surface area (Å²) in [4.78, 5) is 22.1. The Morgan fingerprint density at radius 2 is 1.95 bits per heavy atom. The van der Waals surface area contributed by atoms with E-state index in [1.165, 1.54) is 0 Å². The van der Waals surface area contributed by atoms with E-state index in [-0.39, 0.29) is 0 Å². The zero-order chi connectivity index (χ0) is 14.3. The second-order valence-electron chi connectivity index (χ2n) is 3.80. The van der Waals surface area contributed by atoms with Crippen molar-refractivity contribution >= 4 is 17.7 Å². The molecule has 0 aromatic heterocycles. The van der Waals surface area contributed by atoms with Crippen LogP contribution in [0.4, 0.5) is 10.5 Å². The highest BCUT2D eigenvalue weighted by Crippen LogP contribution is 2.10. The molecule has 1 rings (SSSR count). The number of nitrogens with one attached hydrogen (secondary N) is 2. The third-order valence-corrected chi connectivity index (χ3v) is 2.31. The molecule has 1 aromatic rings. The molecule has 0 aliphatic carbocycles. The normalized spacial score (nSPS) is 11.7. The van der Waals surface area contributed by atoms with Crippen molar-refractivity contribution in [1.82, 2.24) is 5.32 Å². The van der Waals surface area contributed by atoms with Crippen LogP contribution in [-0.4, -0.2) is 42.0 Å². The predicted molar refractivity (Wildman–Crippen MR) is 67.8 cm³/mol. The molecule has 0 bridgehead atoms. The van der Waals surface area contributed by atoms with E-state index in [9.17, 15) is 9.59 Å². The van der Waals surface area contributed by atoms with Crippen molar-refractivity contribution in [2.75, 3.05) is 19.0 Å². The van der Waals surface area contributed by atoms with Crippen molar-refractivity contribution in [3.63, 3.8) is 0 Å². The standard InChI is InChI=1S/C12H16N2O5/c1-19-7-8-2-4-9(5-3-8)13-12(18)14-10(6-15)11(16)17/h2-5,10,15H,6-7H2,1H3,(H,16,17)(H2,13,14,18)/t10-/m0/s1. The average molecular weight is 268 g/mol. The minimum atomic E-state index is -1.33. The summed E-state index contributed by atoms with van der Waals surface area (Å²) in [7, 11) is 1.58. The van der Waals surface area contributed by atoms with Crippen LogP contribution in [0.25, 0.3) is 0 Å². The Bertz CT molecular complexity index is 432. The maximum Gasteiger partial charge on any atom is 0.328 e. The van der Waals surface area contributed by atoms with E-state index in [1.807, 2.05) is 0 Å². The topological polar surface area (TPSA) is 108 Å². The van der Waals surface area contributed by atoms with Gasteiger partial charge in [-0.1, -0.05) is 12.1 Å². The van der Waals surface area contributed by atoms with Gasteiger partial charge in [0.15, 0.2) is 6.04 Å². The van der Waals surface area contributed by atoms with Crippen LogP contribution in [0.2, 0.25) is 0 Å². The van der Waals surface area contributed by atoms with Crippen molar-refractivity contribution in [3.8, 4) is 0 Å². The number of hydrogen-bond acceptors (Lipinski definition) is 4. The van der Waals surface area contributed by atoms with Gasteiger partial charge in [-0.3, -0.25) is 0 Å². The summed E-state index contributed by atoms with van der Waals surface area (Å²) in [5, 5.41) is 22.0. The van der Waals surface area contributed by atoms with Crippen LogP contribution in [0.15, 0.2) is 24.3 Å². The molecule has 104 valence electrons. The van der Waals surface area contributed by atoms with E-state index in [0.717, 1.165) is 5.56 Å². The third kappa shape index (κ3) is 4.94.